The second-order valence-corrected chi connectivity index (χ2v) is 9.30. The number of benzene rings is 2. The third-order valence-corrected chi connectivity index (χ3v) is 5.72. The van der Waals surface area contributed by atoms with Crippen LogP contribution in [0.25, 0.3) is 6.08 Å². The van der Waals surface area contributed by atoms with Gasteiger partial charge in [-0.1, -0.05) is 84.7 Å². The van der Waals surface area contributed by atoms with Crippen molar-refractivity contribution in [1.29, 1.82) is 0 Å². The van der Waals surface area contributed by atoms with Crippen molar-refractivity contribution in [2.75, 3.05) is 0 Å². The van der Waals surface area contributed by atoms with Crippen molar-refractivity contribution in [3.63, 3.8) is 0 Å². The second-order valence-electron chi connectivity index (χ2n) is 9.30. The third-order valence-electron chi connectivity index (χ3n) is 5.72. The summed E-state index contributed by atoms with van der Waals surface area (Å²) in [6.07, 6.45) is 7.05. The van der Waals surface area contributed by atoms with Crippen LogP contribution in [0.2, 0.25) is 0 Å². The number of rotatable bonds is 9. The van der Waals surface area contributed by atoms with Gasteiger partial charge in [-0.15, -0.1) is 0 Å². The monoisotopic (exact) mass is 408 g/mol. The molecule has 30 heavy (non-hydrogen) atoms. The lowest BCUT2D eigenvalue weighted by atomic mass is 9.74. The smallest absolute Gasteiger partial charge is 0.336 e. The lowest BCUT2D eigenvalue weighted by Gasteiger charge is -2.32. The van der Waals surface area contributed by atoms with Crippen molar-refractivity contribution in [2.24, 2.45) is 0 Å². The van der Waals surface area contributed by atoms with Gasteiger partial charge in [0.15, 0.2) is 0 Å². The highest BCUT2D eigenvalue weighted by Crippen LogP contribution is 2.44. The average molecular weight is 409 g/mol. The highest BCUT2D eigenvalue weighted by atomic mass is 16.5. The zero-order valence-corrected chi connectivity index (χ0v) is 19.3. The van der Waals surface area contributed by atoms with E-state index in [1.54, 1.807) is 6.08 Å². The molecule has 0 atom stereocenters. The lowest BCUT2D eigenvalue weighted by molar-refractivity contribution is -0.128. The number of hydrogen-bond donors (Lipinski definition) is 1. The van der Waals surface area contributed by atoms with Crippen LogP contribution in [0.5, 0.6) is 11.5 Å². The SMILES string of the molecule is CCCC(C)(C)c1cc(OC(=O)C=Cc2ccccc2)cc(C(C)(C)CCC)c1O. The fourth-order valence-corrected chi connectivity index (χ4v) is 4.10. The van der Waals surface area contributed by atoms with Gasteiger partial charge in [0.2, 0.25) is 0 Å². The van der Waals surface area contributed by atoms with E-state index in [9.17, 15) is 9.90 Å². The summed E-state index contributed by atoms with van der Waals surface area (Å²) in [6, 6.07) is 13.3. The van der Waals surface area contributed by atoms with Gasteiger partial charge in [-0.3, -0.25) is 0 Å². The summed E-state index contributed by atoms with van der Waals surface area (Å²) in [5.74, 6) is 0.378. The van der Waals surface area contributed by atoms with Crippen LogP contribution in [0.4, 0.5) is 0 Å². The minimum Gasteiger partial charge on any atom is -0.507 e. The Kier molecular flexibility index (Phi) is 7.89. The molecule has 2 rings (SSSR count). The molecule has 0 spiro atoms. The van der Waals surface area contributed by atoms with Crippen molar-refractivity contribution >= 4 is 12.0 Å². The molecule has 0 heterocycles. The maximum atomic E-state index is 12.5. The molecule has 0 bridgehead atoms. The van der Waals surface area contributed by atoms with E-state index in [-0.39, 0.29) is 10.8 Å². The van der Waals surface area contributed by atoms with Crippen molar-refractivity contribution in [3.8, 4) is 11.5 Å². The zero-order chi connectivity index (χ0) is 22.4. The summed E-state index contributed by atoms with van der Waals surface area (Å²) in [7, 11) is 0. The molecule has 2 aromatic carbocycles. The summed E-state index contributed by atoms with van der Waals surface area (Å²) in [5.41, 5.74) is 2.16. The van der Waals surface area contributed by atoms with Crippen LogP contribution >= 0.6 is 0 Å². The number of carbonyl (C=O) groups is 1. The lowest BCUT2D eigenvalue weighted by Crippen LogP contribution is -2.22. The van der Waals surface area contributed by atoms with Gasteiger partial charge < -0.3 is 9.84 Å². The van der Waals surface area contributed by atoms with Gasteiger partial charge in [-0.25, -0.2) is 4.79 Å². The predicted molar refractivity (Wildman–Crippen MR) is 125 cm³/mol. The molecule has 0 saturated heterocycles. The van der Waals surface area contributed by atoms with Crippen LogP contribution in [0.3, 0.4) is 0 Å². The van der Waals surface area contributed by atoms with Gasteiger partial charge in [0, 0.05) is 17.2 Å². The molecule has 0 amide bonds. The Bertz CT molecular complexity index is 837. The topological polar surface area (TPSA) is 46.5 Å². The minimum atomic E-state index is -0.428. The Labute approximate surface area is 181 Å². The first-order valence-electron chi connectivity index (χ1n) is 10.9. The zero-order valence-electron chi connectivity index (χ0n) is 19.3. The molecule has 0 saturated carbocycles. The maximum absolute atomic E-state index is 12.5. The molecule has 0 radical (unpaired) electrons. The van der Waals surface area contributed by atoms with Gasteiger partial charge >= 0.3 is 5.97 Å². The molecule has 3 nitrogen and oxygen atoms in total. The molecular formula is C27H36O3. The number of phenols is 1. The maximum Gasteiger partial charge on any atom is 0.336 e. The Balaban J connectivity index is 2.43. The highest BCUT2D eigenvalue weighted by Gasteiger charge is 2.31. The molecule has 0 aliphatic rings. The number of phenolic OH excluding ortho intramolecular Hbond substituents is 1. The summed E-state index contributed by atoms with van der Waals surface area (Å²) >= 11 is 0. The van der Waals surface area contributed by atoms with Crippen molar-refractivity contribution in [2.45, 2.75) is 78.1 Å². The van der Waals surface area contributed by atoms with Crippen LogP contribution in [-0.2, 0) is 15.6 Å². The molecule has 0 aliphatic carbocycles. The summed E-state index contributed by atoms with van der Waals surface area (Å²) in [5, 5.41) is 11.2. The summed E-state index contributed by atoms with van der Waals surface area (Å²) in [4.78, 5) is 12.5. The molecule has 0 aromatic heterocycles. The summed E-state index contributed by atoms with van der Waals surface area (Å²) in [6.45, 7) is 12.8. The van der Waals surface area contributed by atoms with E-state index in [1.807, 2.05) is 42.5 Å². The minimum absolute atomic E-state index is 0.224. The Morgan fingerprint density at radius 3 is 1.90 bits per heavy atom. The van der Waals surface area contributed by atoms with Crippen LogP contribution < -0.4 is 4.74 Å². The number of esters is 1. The molecule has 2 aromatic rings. The van der Waals surface area contributed by atoms with E-state index in [1.165, 1.54) is 6.08 Å². The van der Waals surface area contributed by atoms with Gasteiger partial charge in [-0.05, 0) is 47.4 Å². The third kappa shape index (κ3) is 5.98. The number of carbonyl (C=O) groups excluding carboxylic acids is 1. The Morgan fingerprint density at radius 1 is 0.933 bits per heavy atom. The number of ether oxygens (including phenoxy) is 1. The number of hydrogen-bond acceptors (Lipinski definition) is 3. The fourth-order valence-electron chi connectivity index (χ4n) is 4.10. The first kappa shape index (κ1) is 23.7. The molecule has 0 fully saturated rings. The first-order valence-corrected chi connectivity index (χ1v) is 10.9. The predicted octanol–water partition coefficient (Wildman–Crippen LogP) is 7.17. The number of aromatic hydroxyl groups is 1. The average Bonchev–Trinajstić information content (AvgIpc) is 2.68. The van der Waals surface area contributed by atoms with Crippen molar-refractivity contribution in [3.05, 3.63) is 65.2 Å². The van der Waals surface area contributed by atoms with Gasteiger partial charge in [-0.2, -0.15) is 0 Å². The van der Waals surface area contributed by atoms with Gasteiger partial charge in [0.1, 0.15) is 11.5 Å². The van der Waals surface area contributed by atoms with Gasteiger partial charge in [0.05, 0.1) is 0 Å². The Hall–Kier alpha value is -2.55. The molecular weight excluding hydrogens is 372 g/mol. The second kappa shape index (κ2) is 9.97. The molecule has 0 aliphatic heterocycles. The molecule has 3 heteroatoms. The van der Waals surface area contributed by atoms with E-state index in [4.69, 9.17) is 4.74 Å². The standard InChI is InChI=1S/C27H36O3/c1-7-16-26(3,4)22-18-21(19-23(25(22)29)27(5,6)17-8-2)30-24(28)15-14-20-12-10-9-11-13-20/h9-15,18-19,29H,7-8,16-17H2,1-6H3. The highest BCUT2D eigenvalue weighted by molar-refractivity contribution is 5.88. The van der Waals surface area contributed by atoms with Crippen LogP contribution in [0.1, 0.15) is 83.9 Å². The fraction of sp³-hybridized carbons (Fsp3) is 0.444. The molecule has 162 valence electrons. The van der Waals surface area contributed by atoms with E-state index in [2.05, 4.69) is 41.5 Å². The molecule has 0 unspecified atom stereocenters. The molecule has 1 N–H and O–H groups in total. The Morgan fingerprint density at radius 2 is 1.43 bits per heavy atom. The van der Waals surface area contributed by atoms with E-state index in [0.717, 1.165) is 42.4 Å². The quantitative estimate of drug-likeness (QED) is 0.272. The van der Waals surface area contributed by atoms with Crippen LogP contribution in [0.15, 0.2) is 48.5 Å². The van der Waals surface area contributed by atoms with E-state index >= 15 is 0 Å². The van der Waals surface area contributed by atoms with Crippen molar-refractivity contribution in [1.82, 2.24) is 0 Å². The van der Waals surface area contributed by atoms with Crippen LogP contribution in [-0.4, -0.2) is 11.1 Å². The van der Waals surface area contributed by atoms with E-state index < -0.39 is 5.97 Å². The first-order chi connectivity index (χ1) is 14.1. The van der Waals surface area contributed by atoms with E-state index in [0.29, 0.717) is 11.5 Å². The van der Waals surface area contributed by atoms with Gasteiger partial charge in [0.25, 0.3) is 0 Å². The van der Waals surface area contributed by atoms with Crippen LogP contribution in [0, 0.1) is 0 Å². The largest absolute Gasteiger partial charge is 0.507 e. The van der Waals surface area contributed by atoms with Crippen molar-refractivity contribution < 1.29 is 14.6 Å². The summed E-state index contributed by atoms with van der Waals surface area (Å²) < 4.78 is 5.68. The normalized spacial score (nSPS) is 12.3.